The third-order valence-corrected chi connectivity index (χ3v) is 5.99. The highest BCUT2D eigenvalue weighted by atomic mass is 79.9. The van der Waals surface area contributed by atoms with Crippen LogP contribution in [0.2, 0.25) is 5.02 Å². The minimum atomic E-state index is -0.718. The second-order valence-corrected chi connectivity index (χ2v) is 8.78. The molecule has 3 aromatic carbocycles. The molecule has 0 saturated heterocycles. The fourth-order valence-electron chi connectivity index (χ4n) is 3.41. The second kappa shape index (κ2) is 12.4. The zero-order valence-electron chi connectivity index (χ0n) is 18.3. The van der Waals surface area contributed by atoms with E-state index in [9.17, 15) is 9.59 Å². The van der Waals surface area contributed by atoms with Gasteiger partial charge in [0.15, 0.2) is 6.61 Å². The van der Waals surface area contributed by atoms with E-state index in [1.165, 1.54) is 0 Å². The Hall–Kier alpha value is -2.83. The van der Waals surface area contributed by atoms with Gasteiger partial charge in [0, 0.05) is 29.0 Å². The number of rotatable bonds is 10. The summed E-state index contributed by atoms with van der Waals surface area (Å²) < 4.78 is 6.65. The lowest BCUT2D eigenvalue weighted by atomic mass is 10.0. The summed E-state index contributed by atoms with van der Waals surface area (Å²) in [4.78, 5) is 28.1. The fourth-order valence-corrected chi connectivity index (χ4v) is 3.87. The van der Waals surface area contributed by atoms with Crippen LogP contribution in [0, 0.1) is 0 Å². The predicted octanol–water partition coefficient (Wildman–Crippen LogP) is 5.26. The molecular formula is C26H26BrClN2O3. The van der Waals surface area contributed by atoms with Gasteiger partial charge in [0.1, 0.15) is 11.8 Å². The van der Waals surface area contributed by atoms with Crippen LogP contribution in [0.15, 0.2) is 83.3 Å². The maximum Gasteiger partial charge on any atom is 0.261 e. The number of likely N-dealkylation sites (N-methyl/N-ethyl adjacent to an activating group) is 1. The highest BCUT2D eigenvalue weighted by molar-refractivity contribution is 9.10. The van der Waals surface area contributed by atoms with E-state index in [1.807, 2.05) is 67.6 Å². The predicted molar refractivity (Wildman–Crippen MR) is 134 cm³/mol. The molecule has 0 saturated carbocycles. The van der Waals surface area contributed by atoms with Gasteiger partial charge in [-0.3, -0.25) is 9.59 Å². The Morgan fingerprint density at radius 2 is 1.67 bits per heavy atom. The SMILES string of the molecule is CCNC(=O)C(Cc1ccccc1)N(Cc1ccccc1Cl)C(=O)COc1ccc(Br)cc1. The molecule has 0 aliphatic heterocycles. The van der Waals surface area contributed by atoms with E-state index >= 15 is 0 Å². The van der Waals surface area contributed by atoms with Crippen molar-refractivity contribution in [1.29, 1.82) is 0 Å². The van der Waals surface area contributed by atoms with Crippen LogP contribution in [0.3, 0.4) is 0 Å². The van der Waals surface area contributed by atoms with Gasteiger partial charge in [-0.15, -0.1) is 0 Å². The summed E-state index contributed by atoms with van der Waals surface area (Å²) >= 11 is 9.78. The van der Waals surface area contributed by atoms with Crippen molar-refractivity contribution in [3.63, 3.8) is 0 Å². The van der Waals surface area contributed by atoms with Crippen LogP contribution < -0.4 is 10.1 Å². The first-order valence-corrected chi connectivity index (χ1v) is 11.9. The van der Waals surface area contributed by atoms with Crippen molar-refractivity contribution >= 4 is 39.3 Å². The Kier molecular flexibility index (Phi) is 9.34. The number of carbonyl (C=O) groups is 2. The van der Waals surface area contributed by atoms with E-state index in [2.05, 4.69) is 21.2 Å². The number of carbonyl (C=O) groups excluding carboxylic acids is 2. The summed E-state index contributed by atoms with van der Waals surface area (Å²) in [5.41, 5.74) is 1.72. The molecule has 2 amide bonds. The van der Waals surface area contributed by atoms with Crippen molar-refractivity contribution in [2.45, 2.75) is 25.9 Å². The third kappa shape index (κ3) is 7.34. The first kappa shape index (κ1) is 24.8. The molecule has 0 aliphatic rings. The first-order valence-electron chi connectivity index (χ1n) is 10.7. The third-order valence-electron chi connectivity index (χ3n) is 5.10. The van der Waals surface area contributed by atoms with Crippen LogP contribution in [0.1, 0.15) is 18.1 Å². The molecule has 0 radical (unpaired) electrons. The zero-order valence-corrected chi connectivity index (χ0v) is 20.7. The van der Waals surface area contributed by atoms with Crippen molar-refractivity contribution in [2.24, 2.45) is 0 Å². The lowest BCUT2D eigenvalue weighted by molar-refractivity contribution is -0.142. The van der Waals surface area contributed by atoms with Gasteiger partial charge in [-0.1, -0.05) is 76.1 Å². The van der Waals surface area contributed by atoms with Gasteiger partial charge >= 0.3 is 0 Å². The molecular weight excluding hydrogens is 504 g/mol. The molecule has 3 aromatic rings. The van der Waals surface area contributed by atoms with Crippen molar-refractivity contribution in [3.05, 3.63) is 99.5 Å². The van der Waals surface area contributed by atoms with Crippen LogP contribution in [0.5, 0.6) is 5.75 Å². The van der Waals surface area contributed by atoms with Gasteiger partial charge in [0.05, 0.1) is 0 Å². The molecule has 5 nitrogen and oxygen atoms in total. The molecule has 0 spiro atoms. The zero-order chi connectivity index (χ0) is 23.6. The topological polar surface area (TPSA) is 58.6 Å². The number of halogens is 2. The summed E-state index contributed by atoms with van der Waals surface area (Å²) in [6.07, 6.45) is 0.376. The molecule has 0 bridgehead atoms. The van der Waals surface area contributed by atoms with E-state index in [0.29, 0.717) is 23.7 Å². The van der Waals surface area contributed by atoms with Gasteiger partial charge < -0.3 is 15.0 Å². The number of ether oxygens (including phenoxy) is 1. The number of hydrogen-bond acceptors (Lipinski definition) is 3. The highest BCUT2D eigenvalue weighted by Gasteiger charge is 2.30. The van der Waals surface area contributed by atoms with Crippen molar-refractivity contribution in [2.75, 3.05) is 13.2 Å². The lowest BCUT2D eigenvalue weighted by Crippen LogP contribution is -2.51. The van der Waals surface area contributed by atoms with Gasteiger partial charge in [0.2, 0.25) is 5.91 Å². The molecule has 1 atom stereocenters. The lowest BCUT2D eigenvalue weighted by Gasteiger charge is -2.31. The molecule has 3 rings (SSSR count). The monoisotopic (exact) mass is 528 g/mol. The Morgan fingerprint density at radius 3 is 2.33 bits per heavy atom. The van der Waals surface area contributed by atoms with Gasteiger partial charge in [0.25, 0.3) is 5.91 Å². The van der Waals surface area contributed by atoms with Crippen molar-refractivity contribution in [1.82, 2.24) is 10.2 Å². The van der Waals surface area contributed by atoms with Gasteiger partial charge in [-0.2, -0.15) is 0 Å². The summed E-state index contributed by atoms with van der Waals surface area (Å²) in [5, 5.41) is 3.41. The number of hydrogen-bond donors (Lipinski definition) is 1. The minimum Gasteiger partial charge on any atom is -0.484 e. The van der Waals surface area contributed by atoms with E-state index in [0.717, 1.165) is 15.6 Å². The molecule has 172 valence electrons. The normalized spacial score (nSPS) is 11.5. The molecule has 1 unspecified atom stereocenters. The molecule has 0 aliphatic carbocycles. The second-order valence-electron chi connectivity index (χ2n) is 7.46. The largest absolute Gasteiger partial charge is 0.484 e. The van der Waals surface area contributed by atoms with Crippen LogP contribution >= 0.6 is 27.5 Å². The smallest absolute Gasteiger partial charge is 0.261 e. The van der Waals surface area contributed by atoms with Gasteiger partial charge in [-0.05, 0) is 48.4 Å². The number of benzene rings is 3. The average molecular weight is 530 g/mol. The van der Waals surface area contributed by atoms with E-state index < -0.39 is 6.04 Å². The molecule has 0 fully saturated rings. The van der Waals surface area contributed by atoms with E-state index in [-0.39, 0.29) is 25.0 Å². The number of amides is 2. The maximum atomic E-state index is 13.4. The van der Waals surface area contributed by atoms with Crippen molar-refractivity contribution < 1.29 is 14.3 Å². The molecule has 0 heterocycles. The number of nitrogens with one attached hydrogen (secondary N) is 1. The first-order chi connectivity index (χ1) is 16.0. The average Bonchev–Trinajstić information content (AvgIpc) is 2.82. The minimum absolute atomic E-state index is 0.191. The van der Waals surface area contributed by atoms with Crippen molar-refractivity contribution in [3.8, 4) is 5.75 Å². The number of nitrogens with zero attached hydrogens (tertiary/aromatic N) is 1. The summed E-state index contributed by atoms with van der Waals surface area (Å²) in [6, 6.07) is 23.5. The van der Waals surface area contributed by atoms with Crippen LogP contribution in [-0.4, -0.2) is 35.9 Å². The Balaban J connectivity index is 1.89. The van der Waals surface area contributed by atoms with Crippen LogP contribution in [0.4, 0.5) is 0 Å². The fraction of sp³-hybridized carbons (Fsp3) is 0.231. The van der Waals surface area contributed by atoms with E-state index in [1.54, 1.807) is 23.1 Å². The standard InChI is InChI=1S/C26H26BrClN2O3/c1-2-29-26(32)24(16-19-8-4-3-5-9-19)30(17-20-10-6-7-11-23(20)28)25(31)18-33-22-14-12-21(27)13-15-22/h3-15,24H,2,16-18H2,1H3,(H,29,32). The summed E-state index contributed by atoms with van der Waals surface area (Å²) in [7, 11) is 0. The quantitative estimate of drug-likeness (QED) is 0.390. The van der Waals surface area contributed by atoms with Crippen LogP contribution in [-0.2, 0) is 22.6 Å². The molecule has 1 N–H and O–H groups in total. The Bertz CT molecular complexity index is 1060. The summed E-state index contributed by atoms with van der Waals surface area (Å²) in [5.74, 6) is 0.0530. The molecule has 33 heavy (non-hydrogen) atoms. The molecule has 7 heteroatoms. The summed E-state index contributed by atoms with van der Waals surface area (Å²) in [6.45, 7) is 2.32. The molecule has 0 aromatic heterocycles. The Labute approximate surface area is 207 Å². The highest BCUT2D eigenvalue weighted by Crippen LogP contribution is 2.21. The maximum absolute atomic E-state index is 13.4. The Morgan fingerprint density at radius 1 is 1.00 bits per heavy atom. The van der Waals surface area contributed by atoms with Gasteiger partial charge in [-0.25, -0.2) is 0 Å². The van der Waals surface area contributed by atoms with Crippen LogP contribution in [0.25, 0.3) is 0 Å². The van der Waals surface area contributed by atoms with E-state index in [4.69, 9.17) is 16.3 Å².